The van der Waals surface area contributed by atoms with Crippen molar-refractivity contribution in [2.75, 3.05) is 0 Å². The van der Waals surface area contributed by atoms with Gasteiger partial charge < -0.3 is 8.83 Å². The SMILES string of the molecule is c1ccc(-c2nc(-c3ccccc3)nc(-c3ccc(-c4cccc(-c5ccc6c(c5)sc5c6ccc6c7ccccc7oc65)c4)cc3)n2)cc1.c1ccc(-c2nc(-c3ccccc3)nc(-c3ccc(-c4cccc(-c5ccc6c(c5)sc5ccc7c8ccccc8oc7c56)c4)cc3)n2)cc1. The third kappa shape index (κ3) is 10.7. The standard InChI is InChI=1S/2C45H27N3OS/c1-3-10-29(11-4-1)43-46-44(30-12-5-2-6-13-30)48-45(47-43)31-20-18-28(19-21-31)32-14-9-15-33(26-32)34-22-23-37-40(27-34)50-39-25-24-36-35-16-7-8-17-38(35)49-42(36)41(37)39;1-3-10-29(11-4-1)43-46-44(30-12-5-2-6-13-30)48-45(47-43)31-20-18-28(19-21-31)32-14-9-15-33(26-32)34-22-23-36-38-25-24-37-35-16-7-8-17-39(35)49-41(37)42(38)50-40(36)27-34/h2*1-27H. The minimum Gasteiger partial charge on any atom is -0.455 e. The predicted molar refractivity (Wildman–Crippen MR) is 414 cm³/mol. The van der Waals surface area contributed by atoms with E-state index in [1.807, 2.05) is 157 Å². The van der Waals surface area contributed by atoms with Gasteiger partial charge in [0, 0.05) is 90.6 Å². The van der Waals surface area contributed by atoms with Gasteiger partial charge in [-0.3, -0.25) is 0 Å². The molecule has 0 atom stereocenters. The number of hydrogen-bond donors (Lipinski definition) is 0. The molecule has 6 aromatic heterocycles. The second-order valence-corrected chi connectivity index (χ2v) is 27.0. The van der Waals surface area contributed by atoms with E-state index in [-0.39, 0.29) is 0 Å². The average molecular weight is 1320 g/mol. The smallest absolute Gasteiger partial charge is 0.164 e. The van der Waals surface area contributed by atoms with E-state index < -0.39 is 0 Å². The summed E-state index contributed by atoms with van der Waals surface area (Å²) in [6, 6.07) is 114. The summed E-state index contributed by atoms with van der Waals surface area (Å²) >= 11 is 3.62. The van der Waals surface area contributed by atoms with Crippen LogP contribution in [0.15, 0.2) is 336 Å². The van der Waals surface area contributed by atoms with Gasteiger partial charge in [-0.15, -0.1) is 22.7 Å². The van der Waals surface area contributed by atoms with Crippen LogP contribution < -0.4 is 0 Å². The molecule has 100 heavy (non-hydrogen) atoms. The molecule has 0 bridgehead atoms. The van der Waals surface area contributed by atoms with Gasteiger partial charge in [-0.05, 0) is 99.1 Å². The lowest BCUT2D eigenvalue weighted by Gasteiger charge is -2.10. The summed E-state index contributed by atoms with van der Waals surface area (Å²) in [6.45, 7) is 0. The van der Waals surface area contributed by atoms with Gasteiger partial charge in [-0.2, -0.15) is 0 Å². The summed E-state index contributed by atoms with van der Waals surface area (Å²) in [7, 11) is 0. The van der Waals surface area contributed by atoms with E-state index in [1.54, 1.807) is 11.3 Å². The monoisotopic (exact) mass is 1310 g/mol. The molecule has 0 aliphatic rings. The van der Waals surface area contributed by atoms with Crippen LogP contribution in [0, 0.1) is 0 Å². The van der Waals surface area contributed by atoms with Gasteiger partial charge in [0.1, 0.15) is 16.7 Å². The topological polar surface area (TPSA) is 104 Å². The van der Waals surface area contributed by atoms with Gasteiger partial charge in [-0.1, -0.05) is 273 Å². The van der Waals surface area contributed by atoms with Crippen LogP contribution in [-0.4, -0.2) is 29.9 Å². The summed E-state index contributed by atoms with van der Waals surface area (Å²) in [5.74, 6) is 3.92. The Kier molecular flexibility index (Phi) is 14.4. The number of fused-ring (bicyclic) bond motifs is 14. The zero-order valence-electron chi connectivity index (χ0n) is 53.5. The minimum atomic E-state index is 0.648. The van der Waals surface area contributed by atoms with Crippen LogP contribution in [0.5, 0.6) is 0 Å². The molecule has 0 amide bonds. The highest BCUT2D eigenvalue weighted by Gasteiger charge is 2.20. The first-order valence-corrected chi connectivity index (χ1v) is 34.8. The van der Waals surface area contributed by atoms with Crippen LogP contribution in [-0.2, 0) is 0 Å². The van der Waals surface area contributed by atoms with E-state index in [4.69, 9.17) is 38.7 Å². The first-order chi connectivity index (χ1) is 49.5. The fourth-order valence-electron chi connectivity index (χ4n) is 13.7. The van der Waals surface area contributed by atoms with Gasteiger partial charge in [0.2, 0.25) is 0 Å². The molecule has 0 saturated heterocycles. The van der Waals surface area contributed by atoms with Crippen molar-refractivity contribution >= 4 is 107 Å². The molecule has 20 aromatic rings. The van der Waals surface area contributed by atoms with Crippen molar-refractivity contribution in [3.8, 4) is 113 Å². The summed E-state index contributed by atoms with van der Waals surface area (Å²) < 4.78 is 17.7. The third-order valence-corrected chi connectivity index (χ3v) is 21.0. The number of thiophene rings is 2. The van der Waals surface area contributed by atoms with Crippen molar-refractivity contribution in [3.63, 3.8) is 0 Å². The lowest BCUT2D eigenvalue weighted by molar-refractivity contribution is 0.672. The maximum absolute atomic E-state index is 6.40. The summed E-state index contributed by atoms with van der Waals surface area (Å²) in [4.78, 5) is 29.2. The number of rotatable bonds is 10. The summed E-state index contributed by atoms with van der Waals surface area (Å²) in [5.41, 5.74) is 18.8. The van der Waals surface area contributed by atoms with Crippen molar-refractivity contribution in [2.24, 2.45) is 0 Å². The summed E-state index contributed by atoms with van der Waals surface area (Å²) in [5, 5.41) is 9.58. The molecule has 0 unspecified atom stereocenters. The first-order valence-electron chi connectivity index (χ1n) is 33.2. The van der Waals surface area contributed by atoms with Gasteiger partial charge in [-0.25, -0.2) is 29.9 Å². The highest BCUT2D eigenvalue weighted by atomic mass is 32.1. The number of para-hydroxylation sites is 2. The van der Waals surface area contributed by atoms with Crippen LogP contribution in [0.1, 0.15) is 0 Å². The Labute approximate surface area is 582 Å². The van der Waals surface area contributed by atoms with Crippen LogP contribution in [0.3, 0.4) is 0 Å². The molecule has 0 fully saturated rings. The quantitative estimate of drug-likeness (QED) is 0.133. The van der Waals surface area contributed by atoms with Crippen molar-refractivity contribution in [2.45, 2.75) is 0 Å². The molecule has 0 N–H and O–H groups in total. The normalized spacial score (nSPS) is 11.6. The molecule has 6 heterocycles. The van der Waals surface area contributed by atoms with E-state index in [0.29, 0.717) is 34.9 Å². The summed E-state index contributed by atoms with van der Waals surface area (Å²) in [6.07, 6.45) is 0. The zero-order valence-corrected chi connectivity index (χ0v) is 55.1. The Hall–Kier alpha value is -12.9. The average Bonchev–Trinajstić information content (AvgIpc) is 1.58. The molecular weight excluding hydrogens is 1260 g/mol. The Morgan fingerprint density at radius 3 is 0.960 bits per heavy atom. The molecular formula is C90H54N6O2S2. The van der Waals surface area contributed by atoms with E-state index >= 15 is 0 Å². The molecule has 0 radical (unpaired) electrons. The van der Waals surface area contributed by atoms with Gasteiger partial charge in [0.15, 0.2) is 40.5 Å². The van der Waals surface area contributed by atoms with Crippen molar-refractivity contribution in [1.29, 1.82) is 0 Å². The Morgan fingerprint density at radius 2 is 0.500 bits per heavy atom. The molecule has 0 spiro atoms. The molecule has 10 heteroatoms. The third-order valence-electron chi connectivity index (χ3n) is 18.7. The second kappa shape index (κ2) is 24.7. The molecule has 468 valence electrons. The number of furan rings is 2. The highest BCUT2D eigenvalue weighted by Crippen LogP contribution is 2.46. The molecule has 14 aromatic carbocycles. The van der Waals surface area contributed by atoms with Crippen LogP contribution in [0.25, 0.3) is 197 Å². The molecule has 20 rings (SSSR count). The number of benzene rings is 14. The Balaban J connectivity index is 0.000000139. The van der Waals surface area contributed by atoms with Gasteiger partial charge >= 0.3 is 0 Å². The van der Waals surface area contributed by atoms with Gasteiger partial charge in [0.05, 0.1) is 4.70 Å². The van der Waals surface area contributed by atoms with Crippen LogP contribution in [0.4, 0.5) is 0 Å². The van der Waals surface area contributed by atoms with E-state index in [2.05, 4.69) is 182 Å². The second-order valence-electron chi connectivity index (χ2n) is 24.8. The fraction of sp³-hybridized carbons (Fsp3) is 0. The lowest BCUT2D eigenvalue weighted by atomic mass is 9.97. The number of nitrogens with zero attached hydrogens (tertiary/aromatic N) is 6. The first kappa shape index (κ1) is 58.5. The Bertz CT molecular complexity index is 6170. The van der Waals surface area contributed by atoms with Crippen molar-refractivity contribution in [3.05, 3.63) is 328 Å². The van der Waals surface area contributed by atoms with E-state index in [1.165, 1.54) is 73.4 Å². The molecule has 0 aliphatic heterocycles. The van der Waals surface area contributed by atoms with Crippen molar-refractivity contribution in [1.82, 2.24) is 29.9 Å². The molecule has 0 saturated carbocycles. The van der Waals surface area contributed by atoms with E-state index in [0.717, 1.165) is 88.7 Å². The largest absolute Gasteiger partial charge is 0.455 e. The molecule has 8 nitrogen and oxygen atoms in total. The fourth-order valence-corrected chi connectivity index (χ4v) is 16.0. The van der Waals surface area contributed by atoms with Crippen molar-refractivity contribution < 1.29 is 8.83 Å². The minimum absolute atomic E-state index is 0.648. The predicted octanol–water partition coefficient (Wildman–Crippen LogP) is 24.9. The molecule has 0 aliphatic carbocycles. The maximum atomic E-state index is 6.40. The highest BCUT2D eigenvalue weighted by molar-refractivity contribution is 7.27. The van der Waals surface area contributed by atoms with Crippen LogP contribution in [0.2, 0.25) is 0 Å². The lowest BCUT2D eigenvalue weighted by Crippen LogP contribution is -2.00. The van der Waals surface area contributed by atoms with Gasteiger partial charge in [0.25, 0.3) is 0 Å². The van der Waals surface area contributed by atoms with Crippen LogP contribution >= 0.6 is 22.7 Å². The maximum Gasteiger partial charge on any atom is 0.164 e. The van der Waals surface area contributed by atoms with E-state index in [9.17, 15) is 0 Å². The number of hydrogen-bond acceptors (Lipinski definition) is 10. The zero-order chi connectivity index (χ0) is 66.0. The Morgan fingerprint density at radius 1 is 0.190 bits per heavy atom. The number of aromatic nitrogens is 6.